The predicted molar refractivity (Wildman–Crippen MR) is 113 cm³/mol. The maximum atomic E-state index is 12.6. The second-order valence-electron chi connectivity index (χ2n) is 6.54. The van der Waals surface area contributed by atoms with E-state index in [2.05, 4.69) is 10.3 Å². The zero-order valence-corrected chi connectivity index (χ0v) is 16.5. The highest BCUT2D eigenvalue weighted by Crippen LogP contribution is 2.36. The summed E-state index contributed by atoms with van der Waals surface area (Å²) in [5.74, 6) is -1.83. The molecular weight excluding hydrogens is 390 g/mol. The van der Waals surface area contributed by atoms with E-state index in [1.807, 2.05) is 43.3 Å². The number of carboxylic acids is 1. The first-order chi connectivity index (χ1) is 13.9. The normalized spacial score (nSPS) is 10.8. The van der Waals surface area contributed by atoms with Gasteiger partial charge in [0.05, 0.1) is 0 Å². The van der Waals surface area contributed by atoms with Crippen molar-refractivity contribution in [1.29, 1.82) is 0 Å². The number of oxazole rings is 1. The molecule has 0 bridgehead atoms. The fourth-order valence-corrected chi connectivity index (χ4v) is 3.90. The molecule has 2 aromatic heterocycles. The molecule has 29 heavy (non-hydrogen) atoms. The van der Waals surface area contributed by atoms with Crippen LogP contribution in [0.3, 0.4) is 0 Å². The van der Waals surface area contributed by atoms with Crippen LogP contribution in [0.5, 0.6) is 0 Å². The van der Waals surface area contributed by atoms with E-state index in [-0.39, 0.29) is 16.5 Å². The van der Waals surface area contributed by atoms with Crippen molar-refractivity contribution in [2.24, 2.45) is 0 Å². The van der Waals surface area contributed by atoms with E-state index in [4.69, 9.17) is 4.42 Å². The smallest absolute Gasteiger partial charge is 0.339 e. The van der Waals surface area contributed by atoms with Crippen molar-refractivity contribution in [2.45, 2.75) is 0 Å². The number of hydrogen-bond acceptors (Lipinski definition) is 6. The molecule has 1 amide bonds. The van der Waals surface area contributed by atoms with E-state index in [9.17, 15) is 14.7 Å². The van der Waals surface area contributed by atoms with Gasteiger partial charge in [0, 0.05) is 30.7 Å². The molecule has 0 fully saturated rings. The van der Waals surface area contributed by atoms with Gasteiger partial charge in [-0.15, -0.1) is 11.3 Å². The summed E-state index contributed by atoms with van der Waals surface area (Å²) in [6.45, 7) is 0. The second-order valence-corrected chi connectivity index (χ2v) is 7.42. The Morgan fingerprint density at radius 1 is 1.10 bits per heavy atom. The van der Waals surface area contributed by atoms with E-state index >= 15 is 0 Å². The van der Waals surface area contributed by atoms with Crippen LogP contribution in [0, 0.1) is 0 Å². The van der Waals surface area contributed by atoms with Gasteiger partial charge < -0.3 is 19.7 Å². The third-order valence-corrected chi connectivity index (χ3v) is 5.31. The van der Waals surface area contributed by atoms with Gasteiger partial charge in [-0.1, -0.05) is 24.3 Å². The highest BCUT2D eigenvalue weighted by atomic mass is 32.1. The van der Waals surface area contributed by atoms with Crippen LogP contribution in [-0.2, 0) is 0 Å². The Kier molecular flexibility index (Phi) is 4.77. The van der Waals surface area contributed by atoms with Gasteiger partial charge in [-0.3, -0.25) is 4.79 Å². The number of carbonyl (C=O) groups is 2. The van der Waals surface area contributed by atoms with Crippen molar-refractivity contribution in [3.8, 4) is 11.1 Å². The van der Waals surface area contributed by atoms with Crippen molar-refractivity contribution in [1.82, 2.24) is 4.98 Å². The van der Waals surface area contributed by atoms with E-state index in [1.165, 1.54) is 0 Å². The Balaban J connectivity index is 1.65. The number of anilines is 2. The Hall–Kier alpha value is -3.65. The summed E-state index contributed by atoms with van der Waals surface area (Å²) in [5, 5.41) is 14.3. The number of carbonyl (C=O) groups excluding carboxylic acids is 1. The highest BCUT2D eigenvalue weighted by molar-refractivity contribution is 7.15. The average Bonchev–Trinajstić information content (AvgIpc) is 3.32. The number of amides is 1. The van der Waals surface area contributed by atoms with Crippen molar-refractivity contribution in [3.63, 3.8) is 0 Å². The molecule has 0 saturated carbocycles. The van der Waals surface area contributed by atoms with Gasteiger partial charge in [0.25, 0.3) is 5.89 Å². The summed E-state index contributed by atoms with van der Waals surface area (Å²) in [4.78, 5) is 30.6. The van der Waals surface area contributed by atoms with E-state index in [1.54, 1.807) is 29.6 Å². The fraction of sp³-hybridized carbons (Fsp3) is 0.0952. The molecule has 0 spiro atoms. The summed E-state index contributed by atoms with van der Waals surface area (Å²) in [7, 11) is 3.87. The van der Waals surface area contributed by atoms with Gasteiger partial charge in [0.15, 0.2) is 5.58 Å². The molecule has 0 radical (unpaired) electrons. The van der Waals surface area contributed by atoms with Crippen LogP contribution in [0.15, 0.2) is 58.3 Å². The fourth-order valence-electron chi connectivity index (χ4n) is 2.94. The number of benzene rings is 2. The molecule has 0 unspecified atom stereocenters. The maximum absolute atomic E-state index is 12.6. The second kappa shape index (κ2) is 7.40. The van der Waals surface area contributed by atoms with Crippen LogP contribution >= 0.6 is 11.3 Å². The molecular formula is C21H17N3O4S. The van der Waals surface area contributed by atoms with Gasteiger partial charge in [0.1, 0.15) is 16.1 Å². The van der Waals surface area contributed by atoms with Crippen LogP contribution in [0.1, 0.15) is 21.0 Å². The van der Waals surface area contributed by atoms with Crippen LogP contribution in [0.4, 0.5) is 10.7 Å². The van der Waals surface area contributed by atoms with Gasteiger partial charge in [-0.25, -0.2) is 9.78 Å². The molecule has 7 nitrogen and oxygen atoms in total. The number of carboxylic acid groups (broad SMARTS) is 1. The lowest BCUT2D eigenvalue weighted by Crippen LogP contribution is -2.13. The molecule has 2 N–H and O–H groups in total. The van der Waals surface area contributed by atoms with Crippen LogP contribution in [0.25, 0.3) is 22.2 Å². The number of aromatic carboxylic acids is 1. The lowest BCUT2D eigenvalue weighted by atomic mass is 10.0. The number of rotatable bonds is 5. The van der Waals surface area contributed by atoms with E-state index in [0.717, 1.165) is 22.6 Å². The predicted octanol–water partition coefficient (Wildman–Crippen LogP) is 4.57. The first-order valence-electron chi connectivity index (χ1n) is 8.73. The van der Waals surface area contributed by atoms with Gasteiger partial charge in [0.2, 0.25) is 0 Å². The van der Waals surface area contributed by atoms with Gasteiger partial charge in [-0.2, -0.15) is 0 Å². The minimum Gasteiger partial charge on any atom is -0.478 e. The van der Waals surface area contributed by atoms with Crippen LogP contribution < -0.4 is 10.2 Å². The number of thiophene rings is 1. The summed E-state index contributed by atoms with van der Waals surface area (Å²) in [5.41, 5.74) is 3.39. The number of nitrogens with one attached hydrogen (secondary N) is 1. The number of aromatic nitrogens is 1. The number of hydrogen-bond donors (Lipinski definition) is 2. The van der Waals surface area contributed by atoms with E-state index < -0.39 is 11.9 Å². The van der Waals surface area contributed by atoms with Crippen molar-refractivity contribution in [3.05, 3.63) is 65.4 Å². The standard InChI is InChI=1S/C21H17N3O4S/c1-24(2)13-9-7-12(8-10-13)14-11-29-20(17(14)21(26)27)23-18(25)19-22-15-5-3-4-6-16(15)28-19/h3-11H,1-2H3,(H,23,25)(H,26,27). The highest BCUT2D eigenvalue weighted by Gasteiger charge is 2.23. The third-order valence-electron chi connectivity index (χ3n) is 4.41. The summed E-state index contributed by atoms with van der Waals surface area (Å²) in [6.07, 6.45) is 0. The molecule has 8 heteroatoms. The Morgan fingerprint density at radius 3 is 2.48 bits per heavy atom. The summed E-state index contributed by atoms with van der Waals surface area (Å²) < 4.78 is 5.46. The Morgan fingerprint density at radius 2 is 1.83 bits per heavy atom. The topological polar surface area (TPSA) is 95.7 Å². The molecule has 4 rings (SSSR count). The SMILES string of the molecule is CN(C)c1ccc(-c2csc(NC(=O)c3nc4ccccc4o3)c2C(=O)O)cc1. The van der Waals surface area contributed by atoms with Crippen molar-refractivity contribution >= 4 is 45.0 Å². The van der Waals surface area contributed by atoms with Crippen molar-refractivity contribution < 1.29 is 19.1 Å². The zero-order valence-electron chi connectivity index (χ0n) is 15.7. The van der Waals surface area contributed by atoms with Gasteiger partial charge >= 0.3 is 11.9 Å². The quantitative estimate of drug-likeness (QED) is 0.503. The molecule has 0 aliphatic rings. The van der Waals surface area contributed by atoms with Crippen LogP contribution in [-0.4, -0.2) is 36.1 Å². The molecule has 4 aromatic rings. The molecule has 0 aliphatic heterocycles. The lowest BCUT2D eigenvalue weighted by molar-refractivity contribution is 0.0699. The minimum atomic E-state index is -1.12. The zero-order chi connectivity index (χ0) is 20.5. The number of nitrogens with zero attached hydrogens (tertiary/aromatic N) is 2. The first-order valence-corrected chi connectivity index (χ1v) is 9.61. The molecule has 146 valence electrons. The largest absolute Gasteiger partial charge is 0.478 e. The van der Waals surface area contributed by atoms with Gasteiger partial charge in [-0.05, 0) is 29.8 Å². The van der Waals surface area contributed by atoms with E-state index in [0.29, 0.717) is 16.7 Å². The minimum absolute atomic E-state index is 0.0389. The average molecular weight is 407 g/mol. The van der Waals surface area contributed by atoms with Crippen LogP contribution in [0.2, 0.25) is 0 Å². The first kappa shape index (κ1) is 18.7. The summed E-state index contributed by atoms with van der Waals surface area (Å²) in [6, 6.07) is 14.6. The maximum Gasteiger partial charge on any atom is 0.339 e. The third kappa shape index (κ3) is 3.57. The Bertz CT molecular complexity index is 1180. The molecule has 0 atom stereocenters. The Labute approximate surface area is 170 Å². The lowest BCUT2D eigenvalue weighted by Gasteiger charge is -2.12. The number of fused-ring (bicyclic) bond motifs is 1. The molecule has 2 heterocycles. The molecule has 0 aliphatic carbocycles. The molecule has 0 saturated heterocycles. The molecule has 2 aromatic carbocycles. The monoisotopic (exact) mass is 407 g/mol. The summed E-state index contributed by atoms with van der Waals surface area (Å²) >= 11 is 1.15. The van der Waals surface area contributed by atoms with Crippen molar-refractivity contribution in [2.75, 3.05) is 24.3 Å². The number of para-hydroxylation sites is 2.